The van der Waals surface area contributed by atoms with Gasteiger partial charge in [-0.3, -0.25) is 0 Å². The maximum absolute atomic E-state index is 6.48. The Bertz CT molecular complexity index is 454. The van der Waals surface area contributed by atoms with Gasteiger partial charge in [-0.2, -0.15) is 0 Å². The van der Waals surface area contributed by atoms with Crippen molar-refractivity contribution in [1.82, 2.24) is 0 Å². The lowest BCUT2D eigenvalue weighted by atomic mass is 9.63. The van der Waals surface area contributed by atoms with Gasteiger partial charge in [0.1, 0.15) is 0 Å². The molecular formula is C18H30O2. The van der Waals surface area contributed by atoms with Crippen LogP contribution in [0.1, 0.15) is 67.2 Å². The van der Waals surface area contributed by atoms with Crippen molar-refractivity contribution < 1.29 is 9.47 Å². The van der Waals surface area contributed by atoms with Gasteiger partial charge in [-0.15, -0.1) is 0 Å². The van der Waals surface area contributed by atoms with E-state index in [0.29, 0.717) is 22.9 Å². The molecule has 3 aliphatic carbocycles. The van der Waals surface area contributed by atoms with E-state index in [1.807, 2.05) is 0 Å². The first-order valence-electron chi connectivity index (χ1n) is 8.50. The van der Waals surface area contributed by atoms with Gasteiger partial charge in [0, 0.05) is 0 Å². The minimum atomic E-state index is -0.409. The van der Waals surface area contributed by atoms with Crippen LogP contribution in [0.5, 0.6) is 0 Å². The molecule has 0 aromatic rings. The van der Waals surface area contributed by atoms with E-state index in [1.165, 1.54) is 25.7 Å². The normalized spacial score (nSPS) is 58.5. The Balaban J connectivity index is 1.82. The Labute approximate surface area is 123 Å². The van der Waals surface area contributed by atoms with Crippen molar-refractivity contribution in [3.05, 3.63) is 0 Å². The van der Waals surface area contributed by atoms with E-state index in [1.54, 1.807) is 0 Å². The van der Waals surface area contributed by atoms with Crippen LogP contribution < -0.4 is 0 Å². The number of rotatable bonds is 0. The zero-order chi connectivity index (χ0) is 14.6. The van der Waals surface area contributed by atoms with Gasteiger partial charge in [0.05, 0.1) is 11.7 Å². The third-order valence-corrected chi connectivity index (χ3v) is 7.73. The molecule has 2 bridgehead atoms. The summed E-state index contributed by atoms with van der Waals surface area (Å²) in [5.74, 6) is 1.96. The van der Waals surface area contributed by atoms with Gasteiger partial charge in [-0.25, -0.2) is 0 Å². The van der Waals surface area contributed by atoms with Crippen LogP contribution in [0.2, 0.25) is 0 Å². The van der Waals surface area contributed by atoms with Crippen molar-refractivity contribution in [2.45, 2.75) is 84.7 Å². The quantitative estimate of drug-likeness (QED) is 0.654. The molecule has 20 heavy (non-hydrogen) atoms. The second-order valence-corrected chi connectivity index (χ2v) is 9.34. The fourth-order valence-electron chi connectivity index (χ4n) is 7.01. The molecule has 1 heterocycles. The molecule has 4 fully saturated rings. The second kappa shape index (κ2) is 3.46. The molecule has 6 atom stereocenters. The molecule has 114 valence electrons. The second-order valence-electron chi connectivity index (χ2n) is 9.34. The zero-order valence-corrected chi connectivity index (χ0v) is 14.0. The van der Waals surface area contributed by atoms with Gasteiger partial charge in [0.15, 0.2) is 5.79 Å². The van der Waals surface area contributed by atoms with E-state index in [2.05, 4.69) is 41.5 Å². The fourth-order valence-corrected chi connectivity index (χ4v) is 7.01. The first-order valence-corrected chi connectivity index (χ1v) is 8.50. The summed E-state index contributed by atoms with van der Waals surface area (Å²) in [5.41, 5.74) is 0.836. The summed E-state index contributed by atoms with van der Waals surface area (Å²) >= 11 is 0. The molecule has 1 aliphatic heterocycles. The van der Waals surface area contributed by atoms with Gasteiger partial charge < -0.3 is 9.47 Å². The first kappa shape index (κ1) is 13.6. The van der Waals surface area contributed by atoms with Gasteiger partial charge in [-0.05, 0) is 75.0 Å². The van der Waals surface area contributed by atoms with Gasteiger partial charge in [0.2, 0.25) is 0 Å². The fraction of sp³-hybridized carbons (Fsp3) is 1.00. The Morgan fingerprint density at radius 2 is 1.60 bits per heavy atom. The molecule has 0 N–H and O–H groups in total. The summed E-state index contributed by atoms with van der Waals surface area (Å²) in [5, 5.41) is 0. The Kier molecular flexibility index (Phi) is 2.35. The predicted octanol–water partition coefficient (Wildman–Crippen LogP) is 4.38. The Morgan fingerprint density at radius 1 is 0.900 bits per heavy atom. The Hall–Kier alpha value is -0.0800. The molecule has 0 aromatic heterocycles. The van der Waals surface area contributed by atoms with E-state index in [4.69, 9.17) is 9.47 Å². The average molecular weight is 278 g/mol. The number of hydrogen-bond donors (Lipinski definition) is 0. The van der Waals surface area contributed by atoms with Gasteiger partial charge in [0.25, 0.3) is 0 Å². The van der Waals surface area contributed by atoms with Crippen LogP contribution in [0.15, 0.2) is 0 Å². The first-order chi connectivity index (χ1) is 9.12. The summed E-state index contributed by atoms with van der Waals surface area (Å²) < 4.78 is 12.8. The van der Waals surface area contributed by atoms with Crippen molar-refractivity contribution in [3.63, 3.8) is 0 Å². The van der Waals surface area contributed by atoms with Crippen molar-refractivity contribution >= 4 is 0 Å². The van der Waals surface area contributed by atoms with Crippen LogP contribution >= 0.6 is 0 Å². The van der Waals surface area contributed by atoms with Gasteiger partial charge in [-0.1, -0.05) is 20.8 Å². The minimum Gasteiger partial charge on any atom is -0.344 e. The number of fused-ring (bicyclic) bond motifs is 3. The smallest absolute Gasteiger partial charge is 0.164 e. The number of ether oxygens (including phenoxy) is 2. The van der Waals surface area contributed by atoms with Crippen LogP contribution in [-0.2, 0) is 9.47 Å². The molecule has 1 unspecified atom stereocenters. The molecule has 0 radical (unpaired) electrons. The maximum Gasteiger partial charge on any atom is 0.164 e. The number of hydrogen-bond acceptors (Lipinski definition) is 2. The lowest BCUT2D eigenvalue weighted by Gasteiger charge is -2.47. The highest BCUT2D eigenvalue weighted by Crippen LogP contribution is 2.75. The molecule has 3 saturated carbocycles. The molecule has 1 saturated heterocycles. The van der Waals surface area contributed by atoms with E-state index >= 15 is 0 Å². The summed E-state index contributed by atoms with van der Waals surface area (Å²) in [6.07, 6.45) is 5.70. The van der Waals surface area contributed by atoms with E-state index in [9.17, 15) is 0 Å². The molecule has 0 aromatic carbocycles. The molecular weight excluding hydrogens is 248 g/mol. The Morgan fingerprint density at radius 3 is 2.30 bits per heavy atom. The molecule has 2 heteroatoms. The molecule has 4 aliphatic rings. The summed E-state index contributed by atoms with van der Waals surface area (Å²) in [4.78, 5) is 0. The van der Waals surface area contributed by atoms with Crippen molar-refractivity contribution in [2.24, 2.45) is 28.6 Å². The summed E-state index contributed by atoms with van der Waals surface area (Å²) in [6, 6.07) is 0. The third kappa shape index (κ3) is 1.34. The maximum atomic E-state index is 6.48. The summed E-state index contributed by atoms with van der Waals surface area (Å²) in [7, 11) is 0. The van der Waals surface area contributed by atoms with Crippen LogP contribution in [0, 0.1) is 28.6 Å². The largest absolute Gasteiger partial charge is 0.344 e. The molecule has 2 nitrogen and oxygen atoms in total. The highest BCUT2D eigenvalue weighted by molar-refractivity contribution is 5.21. The van der Waals surface area contributed by atoms with Crippen molar-refractivity contribution in [2.75, 3.05) is 0 Å². The lowest BCUT2D eigenvalue weighted by Crippen LogP contribution is -2.52. The monoisotopic (exact) mass is 278 g/mol. The standard InChI is InChI=1S/C18H30O2/c1-11-7-8-12-15(2,3)13-9-18(11,12)10-14-17(13,6)20-16(4,5)19-14/h11-14H,7-10H2,1-6H3/t11-,12+,13?,14+,17-,18-/m1/s1. The minimum absolute atomic E-state index is 0.0810. The zero-order valence-electron chi connectivity index (χ0n) is 14.0. The molecule has 0 amide bonds. The average Bonchev–Trinajstić information content (AvgIpc) is 2.80. The topological polar surface area (TPSA) is 18.5 Å². The van der Waals surface area contributed by atoms with Gasteiger partial charge >= 0.3 is 0 Å². The van der Waals surface area contributed by atoms with E-state index in [0.717, 1.165) is 11.8 Å². The van der Waals surface area contributed by atoms with Crippen LogP contribution in [0.25, 0.3) is 0 Å². The van der Waals surface area contributed by atoms with Crippen LogP contribution in [-0.4, -0.2) is 17.5 Å². The van der Waals surface area contributed by atoms with E-state index < -0.39 is 5.79 Å². The SMILES string of the molecule is C[C@@H]1CC[C@H]2C(C)(C)C3C[C@@]12C[C@@H]1OC(C)(C)O[C@]31C. The molecule has 4 rings (SSSR count). The highest BCUT2D eigenvalue weighted by Gasteiger charge is 2.73. The molecule has 1 spiro atoms. The van der Waals surface area contributed by atoms with Crippen LogP contribution in [0.4, 0.5) is 0 Å². The van der Waals surface area contributed by atoms with Crippen molar-refractivity contribution in [3.8, 4) is 0 Å². The lowest BCUT2D eigenvalue weighted by molar-refractivity contribution is -0.177. The predicted molar refractivity (Wildman–Crippen MR) is 79.3 cm³/mol. The van der Waals surface area contributed by atoms with Crippen LogP contribution in [0.3, 0.4) is 0 Å². The van der Waals surface area contributed by atoms with E-state index in [-0.39, 0.29) is 5.60 Å². The highest BCUT2D eigenvalue weighted by atomic mass is 16.8. The third-order valence-electron chi connectivity index (χ3n) is 7.73. The van der Waals surface area contributed by atoms with Crippen molar-refractivity contribution in [1.29, 1.82) is 0 Å². The summed E-state index contributed by atoms with van der Waals surface area (Å²) in [6.45, 7) is 14.0.